The van der Waals surface area contributed by atoms with Crippen molar-refractivity contribution in [3.05, 3.63) is 94.8 Å². The summed E-state index contributed by atoms with van der Waals surface area (Å²) in [5, 5.41) is 20.3. The Morgan fingerprint density at radius 3 is 2.42 bits per heavy atom. The first kappa shape index (κ1) is 21.8. The van der Waals surface area contributed by atoms with Crippen LogP contribution in [0.4, 0.5) is 5.69 Å². The second kappa shape index (κ2) is 8.97. The second-order valence-electron chi connectivity index (χ2n) is 7.52. The summed E-state index contributed by atoms with van der Waals surface area (Å²) in [5.41, 5.74) is 2.69. The van der Waals surface area contributed by atoms with E-state index in [9.17, 15) is 14.7 Å². The standard InChI is InChI=1S/C26H21N3O4/c1-3-33-21-9-6-19(14-16(21)2)24(30)22-23(18-10-12-28-13-11-18)29(26(32)25(22)31)20-7-4-17(15-27)5-8-20/h4-14,23,30H,3H2,1-2H3/b24-22-. The van der Waals surface area contributed by atoms with Gasteiger partial charge in [-0.2, -0.15) is 5.26 Å². The van der Waals surface area contributed by atoms with E-state index < -0.39 is 17.7 Å². The summed E-state index contributed by atoms with van der Waals surface area (Å²) in [4.78, 5) is 31.7. The van der Waals surface area contributed by atoms with Crippen LogP contribution in [0.25, 0.3) is 5.76 Å². The van der Waals surface area contributed by atoms with Gasteiger partial charge in [-0.15, -0.1) is 0 Å². The number of hydrogen-bond acceptors (Lipinski definition) is 6. The summed E-state index contributed by atoms with van der Waals surface area (Å²) in [6.45, 7) is 4.23. The maximum Gasteiger partial charge on any atom is 0.300 e. The van der Waals surface area contributed by atoms with Crippen molar-refractivity contribution < 1.29 is 19.4 Å². The molecule has 1 aliphatic heterocycles. The van der Waals surface area contributed by atoms with Gasteiger partial charge >= 0.3 is 0 Å². The Bertz CT molecular complexity index is 1290. The summed E-state index contributed by atoms with van der Waals surface area (Å²) in [5.74, 6) is -1.13. The first-order valence-electron chi connectivity index (χ1n) is 10.4. The van der Waals surface area contributed by atoms with E-state index in [0.717, 1.165) is 5.56 Å². The third-order valence-corrected chi connectivity index (χ3v) is 5.49. The highest BCUT2D eigenvalue weighted by Crippen LogP contribution is 2.42. The zero-order valence-corrected chi connectivity index (χ0v) is 18.1. The Morgan fingerprint density at radius 1 is 1.12 bits per heavy atom. The Morgan fingerprint density at radius 2 is 1.82 bits per heavy atom. The largest absolute Gasteiger partial charge is 0.507 e. The number of anilines is 1. The summed E-state index contributed by atoms with van der Waals surface area (Å²) in [6, 6.07) is 16.1. The molecule has 7 nitrogen and oxygen atoms in total. The minimum Gasteiger partial charge on any atom is -0.507 e. The molecule has 1 amide bonds. The van der Waals surface area contributed by atoms with Gasteiger partial charge in [-0.1, -0.05) is 0 Å². The van der Waals surface area contributed by atoms with Gasteiger partial charge in [0.2, 0.25) is 0 Å². The van der Waals surface area contributed by atoms with Crippen LogP contribution in [0.1, 0.15) is 35.2 Å². The molecule has 1 atom stereocenters. The molecule has 3 aromatic rings. The number of aliphatic hydroxyl groups is 1. The maximum atomic E-state index is 13.2. The molecule has 0 bridgehead atoms. The summed E-state index contributed by atoms with van der Waals surface area (Å²) in [6.07, 6.45) is 3.13. The number of ether oxygens (including phenoxy) is 1. The van der Waals surface area contributed by atoms with Crippen LogP contribution in [0.5, 0.6) is 5.75 Å². The quantitative estimate of drug-likeness (QED) is 0.361. The topological polar surface area (TPSA) is 104 Å². The summed E-state index contributed by atoms with van der Waals surface area (Å²) >= 11 is 0. The van der Waals surface area contributed by atoms with Crippen molar-refractivity contribution in [1.82, 2.24) is 4.98 Å². The third-order valence-electron chi connectivity index (χ3n) is 5.49. The number of Topliss-reactive ketones (excluding diaryl/α,β-unsaturated/α-hetero) is 1. The van der Waals surface area contributed by atoms with E-state index in [1.807, 2.05) is 19.9 Å². The highest BCUT2D eigenvalue weighted by atomic mass is 16.5. The lowest BCUT2D eigenvalue weighted by molar-refractivity contribution is -0.132. The zero-order chi connectivity index (χ0) is 23.5. The zero-order valence-electron chi connectivity index (χ0n) is 18.1. The number of benzene rings is 2. The minimum absolute atomic E-state index is 0.0147. The van der Waals surface area contributed by atoms with Gasteiger partial charge in [0.15, 0.2) is 0 Å². The van der Waals surface area contributed by atoms with Gasteiger partial charge in [0.25, 0.3) is 11.7 Å². The molecule has 0 radical (unpaired) electrons. The molecule has 1 aliphatic rings. The normalized spacial score (nSPS) is 17.1. The number of aromatic nitrogens is 1. The van der Waals surface area contributed by atoms with Gasteiger partial charge in [-0.25, -0.2) is 0 Å². The number of pyridine rings is 1. The van der Waals surface area contributed by atoms with Crippen molar-refractivity contribution in [2.75, 3.05) is 11.5 Å². The molecular formula is C26H21N3O4. The monoisotopic (exact) mass is 439 g/mol. The second-order valence-corrected chi connectivity index (χ2v) is 7.52. The lowest BCUT2D eigenvalue weighted by atomic mass is 9.95. The van der Waals surface area contributed by atoms with Gasteiger partial charge in [-0.3, -0.25) is 19.5 Å². The lowest BCUT2D eigenvalue weighted by Crippen LogP contribution is -2.29. The fourth-order valence-electron chi connectivity index (χ4n) is 3.93. The number of carbonyl (C=O) groups is 2. The van der Waals surface area contributed by atoms with Crippen LogP contribution in [0.15, 0.2) is 72.6 Å². The molecule has 4 rings (SSSR count). The van der Waals surface area contributed by atoms with Crippen molar-refractivity contribution in [1.29, 1.82) is 5.26 Å². The molecule has 1 saturated heterocycles. The predicted octanol–water partition coefficient (Wildman–Crippen LogP) is 4.29. The fraction of sp³-hybridized carbons (Fsp3) is 0.154. The number of aryl methyl sites for hydroxylation is 1. The SMILES string of the molecule is CCOc1ccc(/C(O)=C2/C(=O)C(=O)N(c3ccc(C#N)cc3)C2c2ccncc2)cc1C. The fourth-order valence-corrected chi connectivity index (χ4v) is 3.93. The van der Waals surface area contributed by atoms with Crippen molar-refractivity contribution in [2.45, 2.75) is 19.9 Å². The average molecular weight is 439 g/mol. The third kappa shape index (κ3) is 3.94. The molecule has 7 heteroatoms. The molecule has 1 N–H and O–H groups in total. The van der Waals surface area contributed by atoms with Gasteiger partial charge in [0.1, 0.15) is 11.5 Å². The van der Waals surface area contributed by atoms with Gasteiger partial charge in [-0.05, 0) is 79.6 Å². The van der Waals surface area contributed by atoms with E-state index in [-0.39, 0.29) is 11.3 Å². The first-order valence-corrected chi connectivity index (χ1v) is 10.4. The number of hydrogen-bond donors (Lipinski definition) is 1. The Labute approximate surface area is 191 Å². The van der Waals surface area contributed by atoms with Crippen LogP contribution < -0.4 is 9.64 Å². The number of aliphatic hydroxyl groups excluding tert-OH is 1. The first-order chi connectivity index (χ1) is 16.0. The van der Waals surface area contributed by atoms with Crippen LogP contribution in [0, 0.1) is 18.3 Å². The van der Waals surface area contributed by atoms with E-state index in [1.165, 1.54) is 4.90 Å². The van der Waals surface area contributed by atoms with Crippen molar-refractivity contribution in [3.8, 4) is 11.8 Å². The van der Waals surface area contributed by atoms with Crippen LogP contribution in [0.3, 0.4) is 0 Å². The number of rotatable bonds is 5. The number of nitrogens with zero attached hydrogens (tertiary/aromatic N) is 3. The molecule has 164 valence electrons. The maximum absolute atomic E-state index is 13.2. The molecule has 2 aromatic carbocycles. The van der Waals surface area contributed by atoms with Crippen LogP contribution in [-0.2, 0) is 9.59 Å². The molecule has 0 saturated carbocycles. The Kier molecular flexibility index (Phi) is 5.92. The number of amides is 1. The van der Waals surface area contributed by atoms with Gasteiger partial charge in [0.05, 0.1) is 29.9 Å². The van der Waals surface area contributed by atoms with E-state index in [2.05, 4.69) is 4.98 Å². The lowest BCUT2D eigenvalue weighted by Gasteiger charge is -2.25. The van der Waals surface area contributed by atoms with Crippen molar-refractivity contribution in [2.24, 2.45) is 0 Å². The molecule has 2 heterocycles. The molecule has 0 spiro atoms. The summed E-state index contributed by atoms with van der Waals surface area (Å²) < 4.78 is 5.56. The number of nitriles is 1. The molecule has 1 unspecified atom stereocenters. The van der Waals surface area contributed by atoms with E-state index >= 15 is 0 Å². The molecule has 1 aromatic heterocycles. The van der Waals surface area contributed by atoms with Gasteiger partial charge < -0.3 is 9.84 Å². The number of ketones is 1. The van der Waals surface area contributed by atoms with E-state index in [4.69, 9.17) is 10.00 Å². The minimum atomic E-state index is -0.854. The molecule has 0 aliphatic carbocycles. The summed E-state index contributed by atoms with van der Waals surface area (Å²) in [7, 11) is 0. The average Bonchev–Trinajstić information content (AvgIpc) is 3.11. The van der Waals surface area contributed by atoms with E-state index in [0.29, 0.717) is 34.7 Å². The molecular weight excluding hydrogens is 418 g/mol. The Hall–Kier alpha value is -4.44. The van der Waals surface area contributed by atoms with E-state index in [1.54, 1.807) is 67.0 Å². The molecule has 33 heavy (non-hydrogen) atoms. The van der Waals surface area contributed by atoms with Crippen molar-refractivity contribution >= 4 is 23.1 Å². The Balaban J connectivity index is 1.89. The smallest absolute Gasteiger partial charge is 0.300 e. The predicted molar refractivity (Wildman–Crippen MR) is 123 cm³/mol. The van der Waals surface area contributed by atoms with Crippen LogP contribution in [-0.4, -0.2) is 28.4 Å². The van der Waals surface area contributed by atoms with Crippen LogP contribution >= 0.6 is 0 Å². The number of carbonyl (C=O) groups excluding carboxylic acids is 2. The van der Waals surface area contributed by atoms with Crippen LogP contribution in [0.2, 0.25) is 0 Å². The van der Waals surface area contributed by atoms with Crippen molar-refractivity contribution in [3.63, 3.8) is 0 Å². The molecule has 1 fully saturated rings. The van der Waals surface area contributed by atoms with Gasteiger partial charge in [0, 0.05) is 23.6 Å². The highest BCUT2D eigenvalue weighted by molar-refractivity contribution is 6.51. The highest BCUT2D eigenvalue weighted by Gasteiger charge is 2.47.